The van der Waals surface area contributed by atoms with Gasteiger partial charge in [-0.1, -0.05) is 87.6 Å². The molecule has 1 nitrogen and oxygen atoms in total. The summed E-state index contributed by atoms with van der Waals surface area (Å²) in [6, 6.07) is 18.3. The molecule has 0 unspecified atom stereocenters. The molecule has 0 amide bonds. The smallest absolute Gasteiger partial charge is 0.0674 e. The highest BCUT2D eigenvalue weighted by molar-refractivity contribution is 5.55. The van der Waals surface area contributed by atoms with Gasteiger partial charge in [-0.15, -0.1) is 0 Å². The SMILES string of the molecule is CCCCCCC[C@H]1C[C@@]2(C)N[C@@](C)(c3ccccc31)c1ccccc12. The molecule has 0 fully saturated rings. The summed E-state index contributed by atoms with van der Waals surface area (Å²) < 4.78 is 0. The van der Waals surface area contributed by atoms with Gasteiger partial charge in [0.2, 0.25) is 0 Å². The third-order valence-corrected chi connectivity index (χ3v) is 6.84. The molecule has 2 aromatic carbocycles. The van der Waals surface area contributed by atoms with Gasteiger partial charge in [0, 0.05) is 5.54 Å². The Labute approximate surface area is 159 Å². The van der Waals surface area contributed by atoms with E-state index in [1.165, 1.54) is 61.6 Å². The fourth-order valence-corrected chi connectivity index (χ4v) is 5.62. The molecule has 138 valence electrons. The predicted molar refractivity (Wildman–Crippen MR) is 111 cm³/mol. The summed E-state index contributed by atoms with van der Waals surface area (Å²) in [7, 11) is 0. The van der Waals surface area contributed by atoms with E-state index in [1.54, 1.807) is 5.56 Å². The number of hydrogen-bond donors (Lipinski definition) is 1. The van der Waals surface area contributed by atoms with Gasteiger partial charge in [0.15, 0.2) is 0 Å². The number of unbranched alkanes of at least 4 members (excludes halogenated alkanes) is 4. The van der Waals surface area contributed by atoms with Gasteiger partial charge in [-0.05, 0) is 54.9 Å². The molecule has 2 heterocycles. The van der Waals surface area contributed by atoms with Gasteiger partial charge in [0.25, 0.3) is 0 Å². The van der Waals surface area contributed by atoms with Crippen LogP contribution >= 0.6 is 0 Å². The van der Waals surface area contributed by atoms with Crippen molar-refractivity contribution in [1.82, 2.24) is 5.32 Å². The first kappa shape index (κ1) is 17.8. The summed E-state index contributed by atoms with van der Waals surface area (Å²) >= 11 is 0. The molecule has 0 saturated carbocycles. The zero-order valence-corrected chi connectivity index (χ0v) is 16.6. The number of fused-ring (bicyclic) bond motifs is 7. The second-order valence-corrected chi connectivity index (χ2v) is 8.82. The van der Waals surface area contributed by atoms with E-state index in [2.05, 4.69) is 74.6 Å². The third-order valence-electron chi connectivity index (χ3n) is 6.84. The van der Waals surface area contributed by atoms with E-state index in [9.17, 15) is 0 Å². The van der Waals surface area contributed by atoms with Crippen LogP contribution in [-0.2, 0) is 11.1 Å². The molecule has 4 rings (SSSR count). The van der Waals surface area contributed by atoms with Gasteiger partial charge in [-0.3, -0.25) is 5.32 Å². The quantitative estimate of drug-likeness (QED) is 0.579. The van der Waals surface area contributed by atoms with Crippen LogP contribution in [0.1, 0.15) is 93.9 Å². The summed E-state index contributed by atoms with van der Waals surface area (Å²) in [5.74, 6) is 0.653. The lowest BCUT2D eigenvalue weighted by atomic mass is 9.73. The highest BCUT2D eigenvalue weighted by atomic mass is 15.1. The maximum atomic E-state index is 4.07. The van der Waals surface area contributed by atoms with Crippen molar-refractivity contribution in [3.05, 3.63) is 70.8 Å². The van der Waals surface area contributed by atoms with Crippen molar-refractivity contribution in [3.8, 4) is 0 Å². The van der Waals surface area contributed by atoms with Crippen molar-refractivity contribution in [2.75, 3.05) is 0 Å². The van der Waals surface area contributed by atoms with Crippen LogP contribution in [0.15, 0.2) is 48.5 Å². The Kier molecular flexibility index (Phi) is 4.69. The van der Waals surface area contributed by atoms with Crippen LogP contribution in [0.2, 0.25) is 0 Å². The Hall–Kier alpha value is -1.60. The summed E-state index contributed by atoms with van der Waals surface area (Å²) in [6.07, 6.45) is 9.34. The number of nitrogens with one attached hydrogen (secondary N) is 1. The molecule has 0 aromatic heterocycles. The second-order valence-electron chi connectivity index (χ2n) is 8.82. The molecule has 1 heteroatoms. The summed E-state index contributed by atoms with van der Waals surface area (Å²) in [5.41, 5.74) is 6.05. The van der Waals surface area contributed by atoms with E-state index >= 15 is 0 Å². The van der Waals surface area contributed by atoms with Crippen LogP contribution in [0.3, 0.4) is 0 Å². The fraction of sp³-hybridized carbons (Fsp3) is 0.520. The Morgan fingerprint density at radius 3 is 2.27 bits per heavy atom. The van der Waals surface area contributed by atoms with Crippen molar-refractivity contribution >= 4 is 0 Å². The minimum Gasteiger partial charge on any atom is -0.294 e. The Balaban J connectivity index is 1.70. The maximum Gasteiger partial charge on any atom is 0.0674 e. The topological polar surface area (TPSA) is 12.0 Å². The van der Waals surface area contributed by atoms with Crippen LogP contribution in [-0.4, -0.2) is 0 Å². The van der Waals surface area contributed by atoms with Crippen molar-refractivity contribution in [2.24, 2.45) is 0 Å². The Bertz CT molecular complexity index is 779. The Morgan fingerprint density at radius 1 is 0.846 bits per heavy atom. The van der Waals surface area contributed by atoms with Gasteiger partial charge >= 0.3 is 0 Å². The molecular weight excluding hydrogens is 314 g/mol. The largest absolute Gasteiger partial charge is 0.294 e. The van der Waals surface area contributed by atoms with E-state index in [4.69, 9.17) is 0 Å². The van der Waals surface area contributed by atoms with Crippen LogP contribution < -0.4 is 5.32 Å². The first-order chi connectivity index (χ1) is 12.6. The number of rotatable bonds is 6. The van der Waals surface area contributed by atoms with Gasteiger partial charge in [-0.25, -0.2) is 0 Å². The molecule has 1 N–H and O–H groups in total. The molecule has 0 saturated heterocycles. The van der Waals surface area contributed by atoms with Crippen LogP contribution in [0.25, 0.3) is 0 Å². The van der Waals surface area contributed by atoms with Crippen molar-refractivity contribution in [3.63, 3.8) is 0 Å². The highest BCUT2D eigenvalue weighted by Gasteiger charge is 2.51. The molecular formula is C25H33N. The normalized spacial score (nSPS) is 29.1. The van der Waals surface area contributed by atoms with Crippen LogP contribution in [0.5, 0.6) is 0 Å². The zero-order chi connectivity index (χ0) is 18.2. The monoisotopic (exact) mass is 347 g/mol. The fourth-order valence-electron chi connectivity index (χ4n) is 5.62. The molecule has 2 aliphatic rings. The van der Waals surface area contributed by atoms with Crippen LogP contribution in [0.4, 0.5) is 0 Å². The lowest BCUT2D eigenvalue weighted by Gasteiger charge is -2.30. The lowest BCUT2D eigenvalue weighted by Crippen LogP contribution is -2.43. The summed E-state index contributed by atoms with van der Waals surface area (Å²) in [5, 5.41) is 4.07. The average Bonchev–Trinajstić information content (AvgIpc) is 2.83. The van der Waals surface area contributed by atoms with E-state index in [1.807, 2.05) is 0 Å². The van der Waals surface area contributed by atoms with Crippen molar-refractivity contribution < 1.29 is 0 Å². The lowest BCUT2D eigenvalue weighted by molar-refractivity contribution is 0.290. The minimum absolute atomic E-state index is 0.0679. The van der Waals surface area contributed by atoms with E-state index in [0.29, 0.717) is 5.92 Å². The van der Waals surface area contributed by atoms with Gasteiger partial charge in [0.05, 0.1) is 5.54 Å². The van der Waals surface area contributed by atoms with E-state index in [-0.39, 0.29) is 11.1 Å². The number of benzene rings is 2. The molecule has 0 spiro atoms. The van der Waals surface area contributed by atoms with Gasteiger partial charge < -0.3 is 0 Å². The third kappa shape index (κ3) is 2.81. The maximum absolute atomic E-state index is 4.07. The van der Waals surface area contributed by atoms with Gasteiger partial charge in [-0.2, -0.15) is 0 Å². The highest BCUT2D eigenvalue weighted by Crippen LogP contribution is 2.53. The summed E-state index contributed by atoms with van der Waals surface area (Å²) in [6.45, 7) is 7.11. The van der Waals surface area contributed by atoms with E-state index < -0.39 is 0 Å². The number of hydrogen-bond acceptors (Lipinski definition) is 1. The first-order valence-corrected chi connectivity index (χ1v) is 10.6. The molecule has 26 heavy (non-hydrogen) atoms. The summed E-state index contributed by atoms with van der Waals surface area (Å²) in [4.78, 5) is 0. The molecule has 2 aliphatic heterocycles. The minimum atomic E-state index is -0.0705. The predicted octanol–water partition coefficient (Wildman–Crippen LogP) is 6.62. The first-order valence-electron chi connectivity index (χ1n) is 10.6. The molecule has 2 bridgehead atoms. The van der Waals surface area contributed by atoms with E-state index in [0.717, 1.165) is 0 Å². The standard InChI is InChI=1S/C25H33N/c1-4-5-6-7-8-13-19-18-24(2)22-16-11-12-17-23(22)25(3,26-24)21-15-10-9-14-20(19)21/h9-12,14-17,19,26H,4-8,13,18H2,1-3H3/t19-,24+,25-/m0/s1. The van der Waals surface area contributed by atoms with Crippen LogP contribution in [0, 0.1) is 0 Å². The zero-order valence-electron chi connectivity index (χ0n) is 16.6. The van der Waals surface area contributed by atoms with Crippen molar-refractivity contribution in [1.29, 1.82) is 0 Å². The molecule has 0 aliphatic carbocycles. The average molecular weight is 348 g/mol. The molecule has 0 radical (unpaired) electrons. The van der Waals surface area contributed by atoms with Crippen molar-refractivity contribution in [2.45, 2.75) is 82.7 Å². The molecule has 2 aromatic rings. The molecule has 3 atom stereocenters. The van der Waals surface area contributed by atoms with Gasteiger partial charge in [0.1, 0.15) is 0 Å². The Morgan fingerprint density at radius 2 is 1.50 bits per heavy atom. The second kappa shape index (κ2) is 6.85.